The number of likely N-dealkylation sites (tertiary alicyclic amines) is 1. The monoisotopic (exact) mass is 482 g/mol. The lowest BCUT2D eigenvalue weighted by Gasteiger charge is -2.47. The van der Waals surface area contributed by atoms with Crippen molar-refractivity contribution in [2.75, 3.05) is 43.4 Å². The van der Waals surface area contributed by atoms with Crippen LogP contribution in [0.25, 0.3) is 0 Å². The average Bonchev–Trinajstić information content (AvgIpc) is 3.22. The van der Waals surface area contributed by atoms with Gasteiger partial charge >= 0.3 is 0 Å². The zero-order valence-electron chi connectivity index (χ0n) is 22.1. The van der Waals surface area contributed by atoms with E-state index >= 15 is 0 Å². The van der Waals surface area contributed by atoms with E-state index in [-0.39, 0.29) is 28.7 Å². The van der Waals surface area contributed by atoms with Crippen LogP contribution in [0, 0.1) is 16.7 Å². The average molecular weight is 483 g/mol. The molecule has 1 aliphatic carbocycles. The largest absolute Gasteiger partial charge is 0.366 e. The van der Waals surface area contributed by atoms with Crippen LogP contribution in [0.3, 0.4) is 0 Å². The predicted molar refractivity (Wildman–Crippen MR) is 139 cm³/mol. The van der Waals surface area contributed by atoms with Gasteiger partial charge in [0.05, 0.1) is 5.69 Å². The number of anilines is 2. The third-order valence-corrected chi connectivity index (χ3v) is 7.85. The zero-order valence-corrected chi connectivity index (χ0v) is 22.1. The summed E-state index contributed by atoms with van der Waals surface area (Å²) in [4.78, 5) is 38.5. The first-order chi connectivity index (χ1) is 16.5. The van der Waals surface area contributed by atoms with Crippen LogP contribution in [-0.2, 0) is 22.4 Å². The Morgan fingerprint density at radius 1 is 1.17 bits per heavy atom. The van der Waals surface area contributed by atoms with Gasteiger partial charge in [-0.2, -0.15) is 4.98 Å². The van der Waals surface area contributed by atoms with Crippen LogP contribution in [0.15, 0.2) is 12.7 Å². The van der Waals surface area contributed by atoms with Crippen molar-refractivity contribution in [2.24, 2.45) is 16.7 Å². The standard InChI is InChI=1S/C27H42N6O2/c1-7-23(35)33-16-27(17-33)10-11-32(15-27)25-30-21-14-26(4,5)9-8-20(21)24(31-25)29-19(12-18(2)3)13-22(34)28-6/h7,18-19H,1,8-17H2,2-6H3,(H,28,34)(H,29,30,31)/t19-/m0/s1. The first kappa shape index (κ1) is 25.5. The number of hydrogen-bond acceptors (Lipinski definition) is 6. The lowest BCUT2D eigenvalue weighted by molar-refractivity contribution is -0.136. The molecule has 1 aromatic heterocycles. The predicted octanol–water partition coefficient (Wildman–Crippen LogP) is 3.18. The van der Waals surface area contributed by atoms with Gasteiger partial charge in [0.2, 0.25) is 17.8 Å². The lowest BCUT2D eigenvalue weighted by atomic mass is 9.76. The van der Waals surface area contributed by atoms with Gasteiger partial charge in [0, 0.05) is 56.7 Å². The fraction of sp³-hybridized carbons (Fsp3) is 0.704. The van der Waals surface area contributed by atoms with E-state index in [1.165, 1.54) is 11.6 Å². The normalized spacial score (nSPS) is 20.9. The zero-order chi connectivity index (χ0) is 25.4. The SMILES string of the molecule is C=CC(=O)N1CC2(CCN(c3nc4c(c(N[C@H](CC(=O)NC)CC(C)C)n3)CCC(C)(C)C4)C2)C1. The fourth-order valence-electron chi connectivity index (χ4n) is 5.89. The highest BCUT2D eigenvalue weighted by Gasteiger charge is 2.49. The molecule has 192 valence electrons. The number of hydrogen-bond donors (Lipinski definition) is 2. The van der Waals surface area contributed by atoms with Crippen LogP contribution in [-0.4, -0.2) is 66.0 Å². The molecule has 2 aliphatic heterocycles. The molecule has 8 heteroatoms. The van der Waals surface area contributed by atoms with Crippen LogP contribution in [0.5, 0.6) is 0 Å². The van der Waals surface area contributed by atoms with Gasteiger partial charge < -0.3 is 20.4 Å². The Kier molecular flexibility index (Phi) is 7.11. The number of aromatic nitrogens is 2. The van der Waals surface area contributed by atoms with Gasteiger partial charge in [-0.3, -0.25) is 9.59 Å². The quantitative estimate of drug-likeness (QED) is 0.553. The summed E-state index contributed by atoms with van der Waals surface area (Å²) in [5, 5.41) is 6.44. The maximum absolute atomic E-state index is 12.2. The van der Waals surface area contributed by atoms with Gasteiger partial charge in [-0.1, -0.05) is 34.3 Å². The first-order valence-electron chi connectivity index (χ1n) is 13.1. The Morgan fingerprint density at radius 2 is 1.91 bits per heavy atom. The third kappa shape index (κ3) is 5.62. The molecule has 0 radical (unpaired) electrons. The van der Waals surface area contributed by atoms with E-state index in [0.717, 1.165) is 75.7 Å². The van der Waals surface area contributed by atoms with E-state index in [2.05, 4.69) is 49.8 Å². The number of carbonyl (C=O) groups is 2. The Hall–Kier alpha value is -2.64. The summed E-state index contributed by atoms with van der Waals surface area (Å²) in [5.41, 5.74) is 2.68. The highest BCUT2D eigenvalue weighted by atomic mass is 16.2. The third-order valence-electron chi connectivity index (χ3n) is 7.85. The molecule has 1 atom stereocenters. The van der Waals surface area contributed by atoms with Crippen molar-refractivity contribution >= 4 is 23.6 Å². The maximum atomic E-state index is 12.2. The number of fused-ring (bicyclic) bond motifs is 1. The molecule has 1 spiro atoms. The molecule has 2 amide bonds. The van der Waals surface area contributed by atoms with Crippen molar-refractivity contribution in [3.8, 4) is 0 Å². The number of rotatable bonds is 8. The first-order valence-corrected chi connectivity index (χ1v) is 13.1. The summed E-state index contributed by atoms with van der Waals surface area (Å²) in [6, 6.07) is 0.0202. The molecule has 2 fully saturated rings. The van der Waals surface area contributed by atoms with Crippen LogP contribution < -0.4 is 15.5 Å². The molecule has 4 rings (SSSR count). The summed E-state index contributed by atoms with van der Waals surface area (Å²) >= 11 is 0. The number of amides is 2. The molecular weight excluding hydrogens is 440 g/mol. The summed E-state index contributed by atoms with van der Waals surface area (Å²) in [7, 11) is 1.69. The van der Waals surface area contributed by atoms with Gasteiger partial charge in [0.25, 0.3) is 0 Å². The van der Waals surface area contributed by atoms with Crippen LogP contribution in [0.1, 0.15) is 64.6 Å². The van der Waals surface area contributed by atoms with Crippen LogP contribution in [0.4, 0.5) is 11.8 Å². The van der Waals surface area contributed by atoms with E-state index in [1.54, 1.807) is 7.05 Å². The maximum Gasteiger partial charge on any atom is 0.245 e. The van der Waals surface area contributed by atoms with Gasteiger partial charge in [-0.15, -0.1) is 0 Å². The Labute approximate surface area is 209 Å². The van der Waals surface area contributed by atoms with Gasteiger partial charge in [-0.05, 0) is 49.5 Å². The number of carbonyl (C=O) groups excluding carboxylic acids is 2. The highest BCUT2D eigenvalue weighted by molar-refractivity contribution is 5.87. The number of nitrogens with one attached hydrogen (secondary N) is 2. The van der Waals surface area contributed by atoms with Crippen molar-refractivity contribution in [2.45, 2.75) is 72.3 Å². The second-order valence-corrected chi connectivity index (χ2v) is 12.1. The summed E-state index contributed by atoms with van der Waals surface area (Å²) in [6.45, 7) is 15.9. The van der Waals surface area contributed by atoms with E-state index in [9.17, 15) is 9.59 Å². The molecule has 2 saturated heterocycles. The molecule has 1 aromatic rings. The molecule has 8 nitrogen and oxygen atoms in total. The Morgan fingerprint density at radius 3 is 2.57 bits per heavy atom. The highest BCUT2D eigenvalue weighted by Crippen LogP contribution is 2.42. The van der Waals surface area contributed by atoms with Crippen molar-refractivity contribution in [3.63, 3.8) is 0 Å². The van der Waals surface area contributed by atoms with Gasteiger partial charge in [0.1, 0.15) is 5.82 Å². The Bertz CT molecular complexity index is 982. The molecule has 3 heterocycles. The second-order valence-electron chi connectivity index (χ2n) is 12.1. The van der Waals surface area contributed by atoms with Crippen molar-refractivity contribution < 1.29 is 9.59 Å². The van der Waals surface area contributed by atoms with Crippen molar-refractivity contribution in [1.82, 2.24) is 20.2 Å². The van der Waals surface area contributed by atoms with Crippen LogP contribution >= 0.6 is 0 Å². The second kappa shape index (κ2) is 9.78. The summed E-state index contributed by atoms with van der Waals surface area (Å²) in [5.74, 6) is 2.19. The fourth-order valence-corrected chi connectivity index (χ4v) is 5.89. The molecule has 0 saturated carbocycles. The van der Waals surface area contributed by atoms with E-state index in [1.807, 2.05) is 4.90 Å². The Balaban J connectivity index is 1.59. The van der Waals surface area contributed by atoms with Gasteiger partial charge in [-0.25, -0.2) is 4.98 Å². The van der Waals surface area contributed by atoms with Crippen LogP contribution in [0.2, 0.25) is 0 Å². The molecule has 0 bridgehead atoms. The van der Waals surface area contributed by atoms with E-state index in [4.69, 9.17) is 9.97 Å². The summed E-state index contributed by atoms with van der Waals surface area (Å²) < 4.78 is 0. The lowest BCUT2D eigenvalue weighted by Crippen LogP contribution is -2.59. The molecule has 2 N–H and O–H groups in total. The number of nitrogens with zero attached hydrogens (tertiary/aromatic N) is 4. The molecule has 3 aliphatic rings. The minimum atomic E-state index is 0.0140. The smallest absolute Gasteiger partial charge is 0.245 e. The molecule has 35 heavy (non-hydrogen) atoms. The van der Waals surface area contributed by atoms with E-state index < -0.39 is 0 Å². The minimum Gasteiger partial charge on any atom is -0.366 e. The van der Waals surface area contributed by atoms with Gasteiger partial charge in [0.15, 0.2) is 0 Å². The molecule has 0 unspecified atom stereocenters. The topological polar surface area (TPSA) is 90.5 Å². The van der Waals surface area contributed by atoms with Crippen molar-refractivity contribution in [3.05, 3.63) is 23.9 Å². The molecule has 0 aromatic carbocycles. The summed E-state index contributed by atoms with van der Waals surface area (Å²) in [6.07, 6.45) is 6.73. The van der Waals surface area contributed by atoms with Crippen molar-refractivity contribution in [1.29, 1.82) is 0 Å². The molecular formula is C27H42N6O2. The minimum absolute atomic E-state index is 0.0140. The van der Waals surface area contributed by atoms with E-state index in [0.29, 0.717) is 12.3 Å².